The molecule has 8 nitrogen and oxygen atoms in total. The quantitative estimate of drug-likeness (QED) is 0.453. The molecule has 0 saturated carbocycles. The fourth-order valence-corrected chi connectivity index (χ4v) is 3.99. The molecule has 0 bridgehead atoms. The molecule has 154 valence electrons. The second-order valence-electron chi connectivity index (χ2n) is 6.86. The summed E-state index contributed by atoms with van der Waals surface area (Å²) in [6.07, 6.45) is 0.433. The first kappa shape index (κ1) is 21.1. The number of benzene rings is 1. The van der Waals surface area contributed by atoms with Gasteiger partial charge in [-0.25, -0.2) is 4.98 Å². The van der Waals surface area contributed by atoms with Crippen LogP contribution in [0.4, 0.5) is 5.69 Å². The molecular weight excluding hydrogens is 390 g/mol. The van der Waals surface area contributed by atoms with Crippen LogP contribution < -0.4 is 10.9 Å². The molecule has 9 heteroatoms. The zero-order valence-electron chi connectivity index (χ0n) is 17.0. The third kappa shape index (κ3) is 4.35. The van der Waals surface area contributed by atoms with E-state index in [1.807, 2.05) is 27.0 Å². The van der Waals surface area contributed by atoms with Gasteiger partial charge in [0.25, 0.3) is 5.56 Å². The Hall–Kier alpha value is -2.65. The molecule has 0 aliphatic rings. The molecule has 3 aromatic rings. The van der Waals surface area contributed by atoms with Crippen LogP contribution in [0, 0.1) is 13.8 Å². The minimum Gasteiger partial charge on any atom is -0.396 e. The van der Waals surface area contributed by atoms with Crippen LogP contribution in [0.5, 0.6) is 0 Å². The molecule has 1 aromatic carbocycles. The summed E-state index contributed by atoms with van der Waals surface area (Å²) in [5.74, 6) is -0.190. The number of thioether (sulfide) groups is 1. The fourth-order valence-electron chi connectivity index (χ4n) is 3.05. The van der Waals surface area contributed by atoms with Gasteiger partial charge in [-0.1, -0.05) is 23.9 Å². The highest BCUT2D eigenvalue weighted by Gasteiger charge is 2.21. The highest BCUT2D eigenvalue weighted by Crippen LogP contribution is 2.25. The van der Waals surface area contributed by atoms with E-state index in [4.69, 9.17) is 0 Å². The van der Waals surface area contributed by atoms with Crippen molar-refractivity contribution in [2.45, 2.75) is 44.1 Å². The van der Waals surface area contributed by atoms with Gasteiger partial charge in [0, 0.05) is 20.2 Å². The van der Waals surface area contributed by atoms with Crippen LogP contribution in [0.1, 0.15) is 24.7 Å². The van der Waals surface area contributed by atoms with Gasteiger partial charge in [-0.2, -0.15) is 5.10 Å². The predicted molar refractivity (Wildman–Crippen MR) is 114 cm³/mol. The van der Waals surface area contributed by atoms with Gasteiger partial charge in [0.05, 0.1) is 33.2 Å². The maximum Gasteiger partial charge on any atom is 0.262 e. The van der Waals surface area contributed by atoms with Gasteiger partial charge in [0.15, 0.2) is 5.16 Å². The van der Waals surface area contributed by atoms with E-state index >= 15 is 0 Å². The summed E-state index contributed by atoms with van der Waals surface area (Å²) in [6.45, 7) is 5.82. The number of nitrogens with one attached hydrogen (secondary N) is 1. The molecule has 2 aromatic heterocycles. The maximum absolute atomic E-state index is 12.9. The average Bonchev–Trinajstić information content (AvgIpc) is 2.93. The largest absolute Gasteiger partial charge is 0.396 e. The summed E-state index contributed by atoms with van der Waals surface area (Å²) < 4.78 is 3.26. The van der Waals surface area contributed by atoms with Gasteiger partial charge >= 0.3 is 0 Å². The second kappa shape index (κ2) is 8.79. The Labute approximate surface area is 173 Å². The fraction of sp³-hybridized carbons (Fsp3) is 0.400. The molecule has 0 spiro atoms. The topological polar surface area (TPSA) is 102 Å². The number of aliphatic hydroxyl groups excluding tert-OH is 1. The van der Waals surface area contributed by atoms with Crippen LogP contribution in [-0.4, -0.2) is 42.2 Å². The average molecular weight is 416 g/mol. The maximum atomic E-state index is 12.9. The van der Waals surface area contributed by atoms with E-state index in [2.05, 4.69) is 15.4 Å². The van der Waals surface area contributed by atoms with Crippen molar-refractivity contribution in [3.05, 3.63) is 46.0 Å². The molecule has 0 fully saturated rings. The third-order valence-corrected chi connectivity index (χ3v) is 5.87. The van der Waals surface area contributed by atoms with Gasteiger partial charge in [0.1, 0.15) is 0 Å². The second-order valence-corrected chi connectivity index (χ2v) is 8.17. The lowest BCUT2D eigenvalue weighted by molar-refractivity contribution is -0.115. The number of aryl methyl sites for hydroxylation is 2. The molecule has 0 unspecified atom stereocenters. The molecule has 2 heterocycles. The van der Waals surface area contributed by atoms with E-state index in [9.17, 15) is 14.7 Å². The van der Waals surface area contributed by atoms with Gasteiger partial charge in [-0.15, -0.1) is 0 Å². The Morgan fingerprint density at radius 1 is 1.31 bits per heavy atom. The summed E-state index contributed by atoms with van der Waals surface area (Å²) in [4.78, 5) is 30.3. The number of amides is 1. The molecule has 0 aliphatic heterocycles. The van der Waals surface area contributed by atoms with Crippen molar-refractivity contribution in [3.8, 4) is 0 Å². The molecule has 0 aliphatic carbocycles. The molecule has 0 radical (unpaired) electrons. The summed E-state index contributed by atoms with van der Waals surface area (Å²) in [6, 6.07) is 7.14. The van der Waals surface area contributed by atoms with E-state index in [-0.39, 0.29) is 18.1 Å². The predicted octanol–water partition coefficient (Wildman–Crippen LogP) is 2.25. The van der Waals surface area contributed by atoms with Crippen LogP contribution >= 0.6 is 11.8 Å². The number of hydrogen-bond acceptors (Lipinski definition) is 6. The first-order chi connectivity index (χ1) is 13.8. The standard InChI is InChI=1S/C20H25N5O3S/c1-12-17(13(2)24(4)23-12)22-18(27)14(3)29-20-21-16-9-6-5-8-15(16)19(28)25(20)10-7-11-26/h5-6,8-9,14,26H,7,10-11H2,1-4H3,(H,22,27)/t14-/m1/s1. The molecular formula is C20H25N5O3S. The van der Waals surface area contributed by atoms with E-state index in [1.54, 1.807) is 29.8 Å². The van der Waals surface area contributed by atoms with Crippen molar-refractivity contribution in [1.29, 1.82) is 0 Å². The van der Waals surface area contributed by atoms with Crippen molar-refractivity contribution in [3.63, 3.8) is 0 Å². The van der Waals surface area contributed by atoms with E-state index in [1.165, 1.54) is 16.3 Å². The molecule has 3 rings (SSSR count). The number of carbonyl (C=O) groups is 1. The van der Waals surface area contributed by atoms with Crippen molar-refractivity contribution >= 4 is 34.3 Å². The van der Waals surface area contributed by atoms with Crippen molar-refractivity contribution in [2.24, 2.45) is 7.05 Å². The van der Waals surface area contributed by atoms with Gasteiger partial charge in [-0.05, 0) is 39.3 Å². The van der Waals surface area contributed by atoms with Crippen LogP contribution in [0.2, 0.25) is 0 Å². The number of carbonyl (C=O) groups excluding carboxylic acids is 1. The van der Waals surface area contributed by atoms with Crippen molar-refractivity contribution in [2.75, 3.05) is 11.9 Å². The lowest BCUT2D eigenvalue weighted by Gasteiger charge is -2.16. The van der Waals surface area contributed by atoms with E-state index in [0.29, 0.717) is 34.7 Å². The number of anilines is 1. The van der Waals surface area contributed by atoms with Gasteiger partial charge in [0.2, 0.25) is 5.91 Å². The molecule has 0 saturated heterocycles. The van der Waals surface area contributed by atoms with E-state index < -0.39 is 5.25 Å². The summed E-state index contributed by atoms with van der Waals surface area (Å²) >= 11 is 1.23. The van der Waals surface area contributed by atoms with Crippen LogP contribution in [-0.2, 0) is 18.4 Å². The number of hydrogen-bond donors (Lipinski definition) is 2. The summed E-state index contributed by atoms with van der Waals surface area (Å²) in [5.41, 5.74) is 2.75. The number of aliphatic hydroxyl groups is 1. The molecule has 1 amide bonds. The van der Waals surface area contributed by atoms with Crippen molar-refractivity contribution < 1.29 is 9.90 Å². The normalized spacial score (nSPS) is 12.3. The first-order valence-corrected chi connectivity index (χ1v) is 10.3. The van der Waals surface area contributed by atoms with Gasteiger partial charge in [-0.3, -0.25) is 18.8 Å². The Kier molecular flexibility index (Phi) is 6.39. The number of aromatic nitrogens is 4. The van der Waals surface area contributed by atoms with Gasteiger partial charge < -0.3 is 10.4 Å². The van der Waals surface area contributed by atoms with Crippen LogP contribution in [0.3, 0.4) is 0 Å². The zero-order valence-corrected chi connectivity index (χ0v) is 17.8. The SMILES string of the molecule is Cc1nn(C)c(C)c1NC(=O)[C@@H](C)Sc1nc2ccccc2c(=O)n1CCCO. The molecule has 29 heavy (non-hydrogen) atoms. The van der Waals surface area contributed by atoms with Crippen LogP contribution in [0.15, 0.2) is 34.2 Å². The minimum atomic E-state index is -0.484. The molecule has 2 N–H and O–H groups in total. The monoisotopic (exact) mass is 415 g/mol. The Morgan fingerprint density at radius 2 is 2.03 bits per heavy atom. The number of nitrogens with zero attached hydrogens (tertiary/aromatic N) is 4. The van der Waals surface area contributed by atoms with E-state index in [0.717, 1.165) is 11.4 Å². The summed E-state index contributed by atoms with van der Waals surface area (Å²) in [7, 11) is 1.83. The lowest BCUT2D eigenvalue weighted by Crippen LogP contribution is -2.27. The number of para-hydroxylation sites is 1. The highest BCUT2D eigenvalue weighted by molar-refractivity contribution is 8.00. The lowest BCUT2D eigenvalue weighted by atomic mass is 10.2. The van der Waals surface area contributed by atoms with Crippen LogP contribution in [0.25, 0.3) is 10.9 Å². The summed E-state index contributed by atoms with van der Waals surface area (Å²) in [5, 5.41) is 16.9. The highest BCUT2D eigenvalue weighted by atomic mass is 32.2. The molecule has 1 atom stereocenters. The third-order valence-electron chi connectivity index (χ3n) is 4.78. The minimum absolute atomic E-state index is 0.0288. The zero-order chi connectivity index (χ0) is 21.1. The smallest absolute Gasteiger partial charge is 0.262 e. The Balaban J connectivity index is 1.89. The van der Waals surface area contributed by atoms with Crippen molar-refractivity contribution in [1.82, 2.24) is 19.3 Å². The number of fused-ring (bicyclic) bond motifs is 1. The Morgan fingerprint density at radius 3 is 2.69 bits per heavy atom. The first-order valence-electron chi connectivity index (χ1n) is 9.41. The Bertz CT molecular complexity index is 1110. The number of rotatable bonds is 7.